The normalized spacial score (nSPS) is 21.4. The predicted molar refractivity (Wildman–Crippen MR) is 164 cm³/mol. The molecule has 0 spiro atoms. The van der Waals surface area contributed by atoms with Crippen molar-refractivity contribution in [2.45, 2.75) is 135 Å². The van der Waals surface area contributed by atoms with Crippen LogP contribution >= 0.6 is 0 Å². The van der Waals surface area contributed by atoms with Crippen LogP contribution in [0.3, 0.4) is 0 Å². The number of rotatable bonds is 2. The summed E-state index contributed by atoms with van der Waals surface area (Å²) in [5.41, 5.74) is 7.42. The van der Waals surface area contributed by atoms with Gasteiger partial charge in [-0.1, -0.05) is 134 Å². The fraction of sp³-hybridized carbons (Fsp3) is 0.647. The quantitative estimate of drug-likeness (QED) is 0.411. The molecule has 1 nitrogen and oxygen atoms in total. The van der Waals surface area contributed by atoms with Crippen molar-refractivity contribution < 1.29 is 5.11 Å². The summed E-state index contributed by atoms with van der Waals surface area (Å²) in [4.78, 5) is 0. The first-order valence-electron chi connectivity index (χ1n) is 14.1. The molecule has 3 rings (SSSR count). The van der Waals surface area contributed by atoms with E-state index < -0.39 is 5.60 Å². The molecule has 1 saturated carbocycles. The Hall–Kier alpha value is -1.60. The summed E-state index contributed by atoms with van der Waals surface area (Å²) in [5.74, 6) is 0.594. The van der Waals surface area contributed by atoms with E-state index in [0.717, 1.165) is 6.42 Å². The summed E-state index contributed by atoms with van der Waals surface area (Å²) in [6.07, 6.45) is 15.9. The van der Waals surface area contributed by atoms with Crippen LogP contribution in [0.1, 0.15) is 130 Å². The lowest BCUT2D eigenvalue weighted by atomic mass is 9.84. The third-order valence-electron chi connectivity index (χ3n) is 5.35. The minimum atomic E-state index is -0.641. The zero-order valence-electron chi connectivity index (χ0n) is 26.4. The van der Waals surface area contributed by atoms with E-state index in [0.29, 0.717) is 11.3 Å². The molecule has 2 unspecified atom stereocenters. The predicted octanol–water partition coefficient (Wildman–Crippen LogP) is 11.3. The molecule has 1 heteroatoms. The smallest absolute Gasteiger partial charge is 0.0806 e. The molecule has 35 heavy (non-hydrogen) atoms. The highest BCUT2D eigenvalue weighted by molar-refractivity contribution is 5.43. The highest BCUT2D eigenvalue weighted by Crippen LogP contribution is 2.61. The number of hydrogen-bond donors (Lipinski definition) is 1. The molecule has 1 fully saturated rings. The zero-order valence-corrected chi connectivity index (χ0v) is 26.4. The van der Waals surface area contributed by atoms with E-state index >= 15 is 0 Å². The summed E-state index contributed by atoms with van der Waals surface area (Å²) in [6, 6.07) is 0. The molecule has 1 N–H and O–H groups in total. The highest BCUT2D eigenvalue weighted by Gasteiger charge is 2.54. The van der Waals surface area contributed by atoms with Gasteiger partial charge in [0.05, 0.1) is 5.60 Å². The zero-order chi connectivity index (χ0) is 28.4. The molecule has 0 heterocycles. The Morgan fingerprint density at radius 2 is 1.37 bits per heavy atom. The Bertz CT molecular complexity index is 744. The summed E-state index contributed by atoms with van der Waals surface area (Å²) in [5, 5.41) is 9.98. The van der Waals surface area contributed by atoms with E-state index in [1.54, 1.807) is 0 Å². The van der Waals surface area contributed by atoms with E-state index in [-0.39, 0.29) is 0 Å². The molecular formula is C34H62O. The van der Waals surface area contributed by atoms with Gasteiger partial charge in [0.25, 0.3) is 0 Å². The van der Waals surface area contributed by atoms with Gasteiger partial charge in [0, 0.05) is 0 Å². The molecule has 0 bridgehead atoms. The van der Waals surface area contributed by atoms with Crippen LogP contribution in [0.2, 0.25) is 0 Å². The van der Waals surface area contributed by atoms with Crippen molar-refractivity contribution in [3.63, 3.8) is 0 Å². The van der Waals surface area contributed by atoms with Gasteiger partial charge < -0.3 is 5.11 Å². The first-order valence-corrected chi connectivity index (χ1v) is 14.1. The van der Waals surface area contributed by atoms with Crippen LogP contribution in [-0.4, -0.2) is 10.7 Å². The second-order valence-electron chi connectivity index (χ2n) is 10.2. The summed E-state index contributed by atoms with van der Waals surface area (Å²) < 4.78 is 0. The molecule has 0 aromatic heterocycles. The Morgan fingerprint density at radius 1 is 0.914 bits per heavy atom. The van der Waals surface area contributed by atoms with Crippen molar-refractivity contribution in [1.82, 2.24) is 0 Å². The third kappa shape index (κ3) is 15.9. The second-order valence-corrected chi connectivity index (χ2v) is 10.2. The van der Waals surface area contributed by atoms with Crippen LogP contribution in [0.25, 0.3) is 0 Å². The highest BCUT2D eigenvalue weighted by atomic mass is 16.3. The largest absolute Gasteiger partial charge is 0.386 e. The number of hydrogen-bond acceptors (Lipinski definition) is 1. The topological polar surface area (TPSA) is 20.2 Å². The minimum absolute atomic E-state index is 0.355. The Morgan fingerprint density at radius 3 is 1.77 bits per heavy atom. The molecule has 0 aliphatic heterocycles. The van der Waals surface area contributed by atoms with Crippen molar-refractivity contribution in [3.8, 4) is 0 Å². The van der Waals surface area contributed by atoms with Gasteiger partial charge in [0.1, 0.15) is 0 Å². The summed E-state index contributed by atoms with van der Waals surface area (Å²) in [6.45, 7) is 35.0. The van der Waals surface area contributed by atoms with Crippen molar-refractivity contribution >= 4 is 0 Å². The number of fused-ring (bicyclic) bond motifs is 1. The van der Waals surface area contributed by atoms with Gasteiger partial charge in [-0.3, -0.25) is 0 Å². The lowest BCUT2D eigenvalue weighted by Gasteiger charge is -2.26. The van der Waals surface area contributed by atoms with E-state index in [1.165, 1.54) is 52.7 Å². The summed E-state index contributed by atoms with van der Waals surface area (Å²) >= 11 is 0. The molecule has 3 aliphatic rings. The van der Waals surface area contributed by atoms with Crippen molar-refractivity contribution in [2.24, 2.45) is 11.3 Å². The van der Waals surface area contributed by atoms with Gasteiger partial charge in [-0.25, -0.2) is 0 Å². The van der Waals surface area contributed by atoms with Gasteiger partial charge in [0.2, 0.25) is 0 Å². The van der Waals surface area contributed by atoms with Crippen LogP contribution in [-0.2, 0) is 0 Å². The Kier molecular flexibility index (Phi) is 21.2. The van der Waals surface area contributed by atoms with Crippen molar-refractivity contribution in [1.29, 1.82) is 0 Å². The molecular weight excluding hydrogens is 424 g/mol. The lowest BCUT2D eigenvalue weighted by Crippen LogP contribution is -2.26. The first kappa shape index (κ1) is 37.9. The van der Waals surface area contributed by atoms with Crippen LogP contribution in [0, 0.1) is 11.3 Å². The Balaban J connectivity index is -0.000000430. The maximum atomic E-state index is 9.98. The van der Waals surface area contributed by atoms with Crippen molar-refractivity contribution in [2.75, 3.05) is 0 Å². The Labute approximate surface area is 221 Å². The fourth-order valence-electron chi connectivity index (χ4n) is 3.88. The molecule has 0 amide bonds. The number of aliphatic hydroxyl groups is 1. The van der Waals surface area contributed by atoms with Gasteiger partial charge in [-0.15, -0.1) is 0 Å². The number of allylic oxidation sites excluding steroid dienone is 10. The van der Waals surface area contributed by atoms with Gasteiger partial charge in [-0.05, 0) is 76.9 Å². The van der Waals surface area contributed by atoms with Crippen LogP contribution in [0.4, 0.5) is 0 Å². The minimum Gasteiger partial charge on any atom is -0.386 e. The molecule has 204 valence electrons. The van der Waals surface area contributed by atoms with Crippen LogP contribution in [0.5, 0.6) is 0 Å². The maximum Gasteiger partial charge on any atom is 0.0806 e. The van der Waals surface area contributed by atoms with E-state index in [1.807, 2.05) is 41.5 Å². The lowest BCUT2D eigenvalue weighted by molar-refractivity contribution is 0.111. The molecule has 3 aliphatic carbocycles. The summed E-state index contributed by atoms with van der Waals surface area (Å²) in [7, 11) is 0. The molecule has 2 atom stereocenters. The van der Waals surface area contributed by atoms with E-state index in [2.05, 4.69) is 99.3 Å². The average molecular weight is 487 g/mol. The van der Waals surface area contributed by atoms with E-state index in [9.17, 15) is 5.11 Å². The van der Waals surface area contributed by atoms with Gasteiger partial charge >= 0.3 is 0 Å². The second kappa shape index (κ2) is 19.6. The first-order chi connectivity index (χ1) is 16.2. The molecule has 0 aromatic carbocycles. The van der Waals surface area contributed by atoms with Gasteiger partial charge in [0.15, 0.2) is 0 Å². The SMILES string of the molecule is C=C(C)C1=CC(C)=CC(C)=CC1.CC.CC.CC1=CC2(C)CC2C(C(C)(C)O)=C1.CCC.CCC. The standard InChI is InChI=1S/C12H18O.C12H16.2C3H8.2C2H6/c1-8-5-9(11(2,3)13)10-7-12(10,4)6-8;1-9(2)12-6-5-10(3)7-11(4)8-12;2*1-3-2;2*1-2/h5-6,10,13H,7H2,1-4H3;5,7-8H,1,6H2,2-4H3;2*3H2,1-2H3;2*1-2H3. The molecule has 0 radical (unpaired) electrons. The monoisotopic (exact) mass is 486 g/mol. The molecule has 0 aromatic rings. The van der Waals surface area contributed by atoms with Crippen LogP contribution in [0.15, 0.2) is 70.4 Å². The van der Waals surface area contributed by atoms with E-state index in [4.69, 9.17) is 0 Å². The van der Waals surface area contributed by atoms with Crippen molar-refractivity contribution in [3.05, 3.63) is 70.4 Å². The van der Waals surface area contributed by atoms with Crippen LogP contribution < -0.4 is 0 Å². The fourth-order valence-corrected chi connectivity index (χ4v) is 3.88. The maximum absolute atomic E-state index is 9.98. The third-order valence-corrected chi connectivity index (χ3v) is 5.35. The molecule has 0 saturated heterocycles. The average Bonchev–Trinajstić information content (AvgIpc) is 3.47. The van der Waals surface area contributed by atoms with Gasteiger partial charge in [-0.2, -0.15) is 0 Å².